The Morgan fingerprint density at radius 2 is 2.14 bits per heavy atom. The van der Waals surface area contributed by atoms with Gasteiger partial charge in [0.2, 0.25) is 0 Å². The lowest BCUT2D eigenvalue weighted by Crippen LogP contribution is -2.27. The van der Waals surface area contributed by atoms with Crippen molar-refractivity contribution in [1.29, 1.82) is 0 Å². The summed E-state index contributed by atoms with van der Waals surface area (Å²) < 4.78 is 13.5. The van der Waals surface area contributed by atoms with Crippen molar-refractivity contribution in [2.45, 2.75) is 20.4 Å². The van der Waals surface area contributed by atoms with Crippen LogP contribution in [0.3, 0.4) is 0 Å². The van der Waals surface area contributed by atoms with E-state index in [4.69, 9.17) is 0 Å². The number of benzene rings is 1. The number of hydrogen-bond donors (Lipinski definition) is 0. The number of aromatic nitrogens is 1. The molecule has 2 rings (SSSR count). The molecule has 0 atom stereocenters. The standard InChI is InChI=1S/C14H14FN3O3S/c1-8-4-10(15)5-11(13(8)18(20)21)14(19)17(3)6-12-16-9(2)7-22-12/h4-5,7H,6H2,1-3H3. The zero-order valence-electron chi connectivity index (χ0n) is 12.3. The van der Waals surface area contributed by atoms with Gasteiger partial charge in [-0.15, -0.1) is 11.3 Å². The molecule has 1 amide bonds. The fourth-order valence-corrected chi connectivity index (χ4v) is 2.92. The van der Waals surface area contributed by atoms with Crippen molar-refractivity contribution in [1.82, 2.24) is 9.88 Å². The normalized spacial score (nSPS) is 10.5. The molecule has 0 spiro atoms. The number of nitro groups is 1. The van der Waals surface area contributed by atoms with E-state index in [0.29, 0.717) is 5.01 Å². The summed E-state index contributed by atoms with van der Waals surface area (Å²) in [5.74, 6) is -1.29. The Kier molecular flexibility index (Phi) is 4.51. The Balaban J connectivity index is 2.34. The van der Waals surface area contributed by atoms with E-state index in [1.807, 2.05) is 12.3 Å². The second-order valence-corrected chi connectivity index (χ2v) is 5.86. The third-order valence-corrected chi connectivity index (χ3v) is 4.02. The molecule has 1 heterocycles. The predicted octanol–water partition coefficient (Wildman–Crippen LogP) is 3.08. The van der Waals surface area contributed by atoms with Gasteiger partial charge in [-0.1, -0.05) is 0 Å². The minimum absolute atomic E-state index is 0.117. The first kappa shape index (κ1) is 16.0. The van der Waals surface area contributed by atoms with Crippen molar-refractivity contribution in [3.63, 3.8) is 0 Å². The largest absolute Gasteiger partial charge is 0.335 e. The van der Waals surface area contributed by atoms with E-state index in [0.717, 1.165) is 17.8 Å². The molecule has 0 aliphatic rings. The van der Waals surface area contributed by atoms with E-state index in [1.54, 1.807) is 0 Å². The summed E-state index contributed by atoms with van der Waals surface area (Å²) in [6.45, 7) is 3.45. The number of carbonyl (C=O) groups is 1. The molecule has 2 aromatic rings. The fourth-order valence-electron chi connectivity index (χ4n) is 2.10. The highest BCUT2D eigenvalue weighted by Crippen LogP contribution is 2.26. The van der Waals surface area contributed by atoms with Gasteiger partial charge >= 0.3 is 0 Å². The number of thiazole rings is 1. The molecule has 0 saturated heterocycles. The second kappa shape index (κ2) is 6.18. The van der Waals surface area contributed by atoms with Crippen LogP contribution in [0.25, 0.3) is 0 Å². The third kappa shape index (κ3) is 3.28. The van der Waals surface area contributed by atoms with Gasteiger partial charge in [-0.3, -0.25) is 14.9 Å². The molecule has 116 valence electrons. The monoisotopic (exact) mass is 323 g/mol. The maximum atomic E-state index is 13.5. The molecule has 0 aliphatic heterocycles. The molecular formula is C14H14FN3O3S. The Morgan fingerprint density at radius 1 is 1.45 bits per heavy atom. The Bertz CT molecular complexity index is 745. The zero-order valence-corrected chi connectivity index (χ0v) is 13.1. The summed E-state index contributed by atoms with van der Waals surface area (Å²) in [7, 11) is 1.50. The number of rotatable bonds is 4. The molecule has 0 fully saturated rings. The van der Waals surface area contributed by atoms with Crippen molar-refractivity contribution in [2.24, 2.45) is 0 Å². The molecule has 1 aromatic carbocycles. The first-order chi connectivity index (χ1) is 10.3. The molecule has 22 heavy (non-hydrogen) atoms. The summed E-state index contributed by atoms with van der Waals surface area (Å²) in [5.41, 5.74) is 0.340. The van der Waals surface area contributed by atoms with E-state index in [2.05, 4.69) is 4.98 Å². The third-order valence-electron chi connectivity index (χ3n) is 3.06. The van der Waals surface area contributed by atoms with Crippen LogP contribution in [0.5, 0.6) is 0 Å². The number of hydrogen-bond acceptors (Lipinski definition) is 5. The van der Waals surface area contributed by atoms with E-state index in [1.165, 1.54) is 30.2 Å². The van der Waals surface area contributed by atoms with Crippen LogP contribution in [0.2, 0.25) is 0 Å². The van der Waals surface area contributed by atoms with Gasteiger partial charge in [-0.2, -0.15) is 0 Å². The Morgan fingerprint density at radius 3 is 2.68 bits per heavy atom. The van der Waals surface area contributed by atoms with Crippen LogP contribution < -0.4 is 0 Å². The van der Waals surface area contributed by atoms with Crippen molar-refractivity contribution in [3.8, 4) is 0 Å². The minimum atomic E-state index is -0.676. The van der Waals surface area contributed by atoms with Crippen LogP contribution in [-0.2, 0) is 6.54 Å². The first-order valence-electron chi connectivity index (χ1n) is 6.40. The number of aryl methyl sites for hydroxylation is 2. The number of nitro benzene ring substituents is 1. The molecule has 1 aromatic heterocycles. The molecule has 6 nitrogen and oxygen atoms in total. The van der Waals surface area contributed by atoms with Gasteiger partial charge in [0.25, 0.3) is 11.6 Å². The van der Waals surface area contributed by atoms with Gasteiger partial charge in [0.1, 0.15) is 16.4 Å². The van der Waals surface area contributed by atoms with Gasteiger partial charge in [0.15, 0.2) is 0 Å². The van der Waals surface area contributed by atoms with Crippen molar-refractivity contribution >= 4 is 22.9 Å². The average Bonchev–Trinajstić information content (AvgIpc) is 2.81. The summed E-state index contributed by atoms with van der Waals surface area (Å²) in [6.07, 6.45) is 0. The average molecular weight is 323 g/mol. The van der Waals surface area contributed by atoms with Crippen LogP contribution in [0, 0.1) is 29.8 Å². The van der Waals surface area contributed by atoms with Crippen LogP contribution in [0.4, 0.5) is 10.1 Å². The fraction of sp³-hybridized carbons (Fsp3) is 0.286. The second-order valence-electron chi connectivity index (χ2n) is 4.92. The van der Waals surface area contributed by atoms with Gasteiger partial charge in [0, 0.05) is 23.7 Å². The van der Waals surface area contributed by atoms with Crippen molar-refractivity contribution in [3.05, 3.63) is 55.3 Å². The van der Waals surface area contributed by atoms with Gasteiger partial charge in [-0.25, -0.2) is 9.37 Å². The van der Waals surface area contributed by atoms with E-state index in [9.17, 15) is 19.3 Å². The van der Waals surface area contributed by atoms with Crippen LogP contribution in [-0.4, -0.2) is 27.8 Å². The number of halogens is 1. The van der Waals surface area contributed by atoms with Crippen LogP contribution in [0.15, 0.2) is 17.5 Å². The van der Waals surface area contributed by atoms with Crippen molar-refractivity contribution in [2.75, 3.05) is 7.05 Å². The van der Waals surface area contributed by atoms with Gasteiger partial charge in [-0.05, 0) is 26.0 Å². The predicted molar refractivity (Wildman–Crippen MR) is 80.4 cm³/mol. The van der Waals surface area contributed by atoms with E-state index >= 15 is 0 Å². The van der Waals surface area contributed by atoms with Gasteiger partial charge < -0.3 is 4.90 Å². The molecule has 0 radical (unpaired) electrons. The van der Waals surface area contributed by atoms with Gasteiger partial charge in [0.05, 0.1) is 11.5 Å². The smallest absolute Gasteiger partial charge is 0.285 e. The van der Waals surface area contributed by atoms with E-state index in [-0.39, 0.29) is 23.4 Å². The summed E-state index contributed by atoms with van der Waals surface area (Å²) in [4.78, 5) is 28.4. The highest BCUT2D eigenvalue weighted by molar-refractivity contribution is 7.09. The van der Waals surface area contributed by atoms with Crippen LogP contribution >= 0.6 is 11.3 Å². The SMILES string of the molecule is Cc1csc(CN(C)C(=O)c2cc(F)cc(C)c2[N+](=O)[O-])n1. The molecule has 0 N–H and O–H groups in total. The lowest BCUT2D eigenvalue weighted by Gasteiger charge is -2.16. The maximum absolute atomic E-state index is 13.5. The van der Waals surface area contributed by atoms with Crippen LogP contribution in [0.1, 0.15) is 26.6 Å². The molecule has 0 unspecified atom stereocenters. The lowest BCUT2D eigenvalue weighted by molar-refractivity contribution is -0.385. The Labute approximate surface area is 130 Å². The lowest BCUT2D eigenvalue weighted by atomic mass is 10.1. The molecule has 0 aliphatic carbocycles. The highest BCUT2D eigenvalue weighted by Gasteiger charge is 2.26. The molecule has 0 bridgehead atoms. The summed E-state index contributed by atoms with van der Waals surface area (Å²) in [5, 5.41) is 13.7. The highest BCUT2D eigenvalue weighted by atomic mass is 32.1. The minimum Gasteiger partial charge on any atom is -0.335 e. The maximum Gasteiger partial charge on any atom is 0.285 e. The first-order valence-corrected chi connectivity index (χ1v) is 7.28. The number of nitrogens with zero attached hydrogens (tertiary/aromatic N) is 3. The molecule has 8 heteroatoms. The number of carbonyl (C=O) groups excluding carboxylic acids is 1. The van der Waals surface area contributed by atoms with E-state index < -0.39 is 16.6 Å². The molecular weight excluding hydrogens is 309 g/mol. The molecule has 0 saturated carbocycles. The summed E-state index contributed by atoms with van der Waals surface area (Å²) in [6, 6.07) is 1.94. The number of amides is 1. The quantitative estimate of drug-likeness (QED) is 0.640. The topological polar surface area (TPSA) is 76.3 Å². The van der Waals surface area contributed by atoms with Crippen molar-refractivity contribution < 1.29 is 14.1 Å². The Hall–Kier alpha value is -2.35. The summed E-state index contributed by atoms with van der Waals surface area (Å²) >= 11 is 1.39. The zero-order chi connectivity index (χ0) is 16.4.